The maximum absolute atomic E-state index is 14.8. The van der Waals surface area contributed by atoms with Gasteiger partial charge >= 0.3 is 0 Å². The molecule has 4 nitrogen and oxygen atoms in total. The van der Waals surface area contributed by atoms with Crippen molar-refractivity contribution in [2.24, 2.45) is 0 Å². The lowest BCUT2D eigenvalue weighted by Crippen LogP contribution is -2.49. The molecule has 0 aliphatic carbocycles. The summed E-state index contributed by atoms with van der Waals surface area (Å²) in [4.78, 5) is 28.5. The number of halogens is 1. The first kappa shape index (κ1) is 20.1. The Morgan fingerprint density at radius 2 is 1.57 bits per heavy atom. The molecule has 0 aromatic heterocycles. The van der Waals surface area contributed by atoms with Crippen LogP contribution < -0.4 is 4.90 Å². The smallest absolute Gasteiger partial charge is 0.222 e. The molecule has 28 heavy (non-hydrogen) atoms. The van der Waals surface area contributed by atoms with Crippen LogP contribution in [-0.4, -0.2) is 42.8 Å². The summed E-state index contributed by atoms with van der Waals surface area (Å²) in [6, 6.07) is 10.2. The van der Waals surface area contributed by atoms with E-state index in [1.54, 1.807) is 18.2 Å². The number of hydrogen-bond donors (Lipinski definition) is 0. The van der Waals surface area contributed by atoms with E-state index in [2.05, 4.69) is 0 Å². The van der Waals surface area contributed by atoms with Crippen molar-refractivity contribution in [2.45, 2.75) is 33.6 Å². The molecule has 0 atom stereocenters. The van der Waals surface area contributed by atoms with Crippen LogP contribution in [0.3, 0.4) is 0 Å². The minimum atomic E-state index is -0.400. The second-order valence-corrected chi connectivity index (χ2v) is 7.41. The van der Waals surface area contributed by atoms with E-state index in [1.165, 1.54) is 6.07 Å². The molecule has 148 valence electrons. The SMILES string of the molecule is CCCC(=O)N1CCN(c2ccc(C(=O)c3ccc(C)c(C)c3)cc2F)CC1. The van der Waals surface area contributed by atoms with Gasteiger partial charge in [-0.2, -0.15) is 0 Å². The molecular formula is C23H27FN2O2. The second-order valence-electron chi connectivity index (χ2n) is 7.41. The highest BCUT2D eigenvalue weighted by Crippen LogP contribution is 2.24. The third-order valence-electron chi connectivity index (χ3n) is 5.42. The van der Waals surface area contributed by atoms with Gasteiger partial charge < -0.3 is 9.80 Å². The van der Waals surface area contributed by atoms with E-state index in [0.29, 0.717) is 49.4 Å². The molecule has 0 bridgehead atoms. The van der Waals surface area contributed by atoms with Crippen LogP contribution in [0.15, 0.2) is 36.4 Å². The minimum absolute atomic E-state index is 0.164. The first-order valence-electron chi connectivity index (χ1n) is 9.85. The van der Waals surface area contributed by atoms with Crippen molar-refractivity contribution in [3.8, 4) is 0 Å². The van der Waals surface area contributed by atoms with E-state index in [4.69, 9.17) is 0 Å². The van der Waals surface area contributed by atoms with E-state index in [-0.39, 0.29) is 11.7 Å². The molecule has 0 spiro atoms. The molecule has 0 saturated carbocycles. The van der Waals surface area contributed by atoms with Crippen LogP contribution in [0.25, 0.3) is 0 Å². The number of rotatable bonds is 5. The van der Waals surface area contributed by atoms with Gasteiger partial charge in [0.25, 0.3) is 0 Å². The quantitative estimate of drug-likeness (QED) is 0.731. The summed E-state index contributed by atoms with van der Waals surface area (Å²) < 4.78 is 14.8. The van der Waals surface area contributed by atoms with E-state index in [1.807, 2.05) is 42.7 Å². The van der Waals surface area contributed by atoms with Crippen molar-refractivity contribution in [1.29, 1.82) is 0 Å². The number of anilines is 1. The molecule has 0 N–H and O–H groups in total. The zero-order valence-corrected chi connectivity index (χ0v) is 16.8. The van der Waals surface area contributed by atoms with Crippen LogP contribution in [0.4, 0.5) is 10.1 Å². The number of carbonyl (C=O) groups is 2. The normalized spacial score (nSPS) is 14.3. The molecular weight excluding hydrogens is 355 g/mol. The third kappa shape index (κ3) is 4.24. The average molecular weight is 382 g/mol. The standard InChI is InChI=1S/C23H27FN2O2/c1-4-5-22(27)26-12-10-25(11-13-26)21-9-8-19(15-20(21)24)23(28)18-7-6-16(2)17(3)14-18/h6-9,14-15H,4-5,10-13H2,1-3H3. The van der Waals surface area contributed by atoms with E-state index in [0.717, 1.165) is 17.5 Å². The zero-order chi connectivity index (χ0) is 20.3. The second kappa shape index (κ2) is 8.55. The summed E-state index contributed by atoms with van der Waals surface area (Å²) in [5.74, 6) is -0.413. The Morgan fingerprint density at radius 1 is 0.929 bits per heavy atom. The molecule has 2 aromatic rings. The summed E-state index contributed by atoms with van der Waals surface area (Å²) in [6.07, 6.45) is 1.40. The van der Waals surface area contributed by atoms with Crippen molar-refractivity contribution >= 4 is 17.4 Å². The monoisotopic (exact) mass is 382 g/mol. The highest BCUT2D eigenvalue weighted by molar-refractivity contribution is 6.09. The van der Waals surface area contributed by atoms with Gasteiger partial charge in [-0.3, -0.25) is 9.59 Å². The van der Waals surface area contributed by atoms with E-state index < -0.39 is 5.82 Å². The van der Waals surface area contributed by atoms with Gasteiger partial charge in [0.1, 0.15) is 5.82 Å². The molecule has 2 aromatic carbocycles. The predicted molar refractivity (Wildman–Crippen MR) is 109 cm³/mol. The zero-order valence-electron chi connectivity index (χ0n) is 16.8. The fourth-order valence-corrected chi connectivity index (χ4v) is 3.52. The highest BCUT2D eigenvalue weighted by atomic mass is 19.1. The average Bonchev–Trinajstić information content (AvgIpc) is 2.70. The Labute approximate surface area is 166 Å². The Kier molecular flexibility index (Phi) is 6.12. The number of aryl methyl sites for hydroxylation is 2. The van der Waals surface area contributed by atoms with Gasteiger partial charge in [0, 0.05) is 43.7 Å². The fourth-order valence-electron chi connectivity index (χ4n) is 3.52. The molecule has 0 radical (unpaired) electrons. The molecule has 1 aliphatic rings. The summed E-state index contributed by atoms with van der Waals surface area (Å²) in [6.45, 7) is 8.33. The number of ketones is 1. The van der Waals surface area contributed by atoms with Gasteiger partial charge in [0.05, 0.1) is 5.69 Å². The summed E-state index contributed by atoms with van der Waals surface area (Å²) >= 11 is 0. The largest absolute Gasteiger partial charge is 0.366 e. The molecule has 1 saturated heterocycles. The Hall–Kier alpha value is -2.69. The topological polar surface area (TPSA) is 40.6 Å². The molecule has 3 rings (SSSR count). The van der Waals surface area contributed by atoms with Crippen LogP contribution in [0, 0.1) is 19.7 Å². The molecule has 1 aliphatic heterocycles. The molecule has 1 amide bonds. The maximum Gasteiger partial charge on any atom is 0.222 e. The van der Waals surface area contributed by atoms with Gasteiger partial charge in [-0.25, -0.2) is 4.39 Å². The van der Waals surface area contributed by atoms with E-state index in [9.17, 15) is 14.0 Å². The summed E-state index contributed by atoms with van der Waals surface area (Å²) in [7, 11) is 0. The number of amides is 1. The molecule has 5 heteroatoms. The summed E-state index contributed by atoms with van der Waals surface area (Å²) in [5.41, 5.74) is 3.56. The van der Waals surface area contributed by atoms with Gasteiger partial charge in [-0.05, 0) is 55.7 Å². The van der Waals surface area contributed by atoms with Crippen molar-refractivity contribution in [2.75, 3.05) is 31.1 Å². The van der Waals surface area contributed by atoms with Crippen LogP contribution >= 0.6 is 0 Å². The lowest BCUT2D eigenvalue weighted by atomic mass is 9.99. The van der Waals surface area contributed by atoms with Crippen LogP contribution in [0.1, 0.15) is 46.8 Å². The minimum Gasteiger partial charge on any atom is -0.366 e. The van der Waals surface area contributed by atoms with Crippen LogP contribution in [0.5, 0.6) is 0 Å². The Morgan fingerprint density at radius 3 is 2.18 bits per heavy atom. The number of nitrogens with zero attached hydrogens (tertiary/aromatic N) is 2. The number of hydrogen-bond acceptors (Lipinski definition) is 3. The molecule has 1 fully saturated rings. The van der Waals surface area contributed by atoms with Gasteiger partial charge in [-0.15, -0.1) is 0 Å². The predicted octanol–water partition coefficient (Wildman–Crippen LogP) is 4.12. The summed E-state index contributed by atoms with van der Waals surface area (Å²) in [5, 5.41) is 0. The molecule has 1 heterocycles. The van der Waals surface area contributed by atoms with Crippen molar-refractivity contribution in [1.82, 2.24) is 4.90 Å². The van der Waals surface area contributed by atoms with Crippen LogP contribution in [0.2, 0.25) is 0 Å². The van der Waals surface area contributed by atoms with Gasteiger partial charge in [0.15, 0.2) is 5.78 Å². The molecule has 0 unspecified atom stereocenters. The Balaban J connectivity index is 1.71. The van der Waals surface area contributed by atoms with Crippen molar-refractivity contribution < 1.29 is 14.0 Å². The lowest BCUT2D eigenvalue weighted by Gasteiger charge is -2.36. The van der Waals surface area contributed by atoms with Gasteiger partial charge in [0.2, 0.25) is 5.91 Å². The van der Waals surface area contributed by atoms with Crippen molar-refractivity contribution in [3.05, 3.63) is 64.5 Å². The number of carbonyl (C=O) groups excluding carboxylic acids is 2. The lowest BCUT2D eigenvalue weighted by molar-refractivity contribution is -0.131. The number of benzene rings is 2. The fraction of sp³-hybridized carbons (Fsp3) is 0.391. The Bertz CT molecular complexity index is 886. The van der Waals surface area contributed by atoms with Crippen molar-refractivity contribution in [3.63, 3.8) is 0 Å². The third-order valence-corrected chi connectivity index (χ3v) is 5.42. The maximum atomic E-state index is 14.8. The van der Waals surface area contributed by atoms with Crippen LogP contribution in [-0.2, 0) is 4.79 Å². The highest BCUT2D eigenvalue weighted by Gasteiger charge is 2.23. The first-order chi connectivity index (χ1) is 13.4. The number of piperazine rings is 1. The van der Waals surface area contributed by atoms with E-state index >= 15 is 0 Å². The first-order valence-corrected chi connectivity index (χ1v) is 9.85. The van der Waals surface area contributed by atoms with Gasteiger partial charge in [-0.1, -0.05) is 19.1 Å².